The van der Waals surface area contributed by atoms with Crippen molar-refractivity contribution < 1.29 is 41.3 Å². The summed E-state index contributed by atoms with van der Waals surface area (Å²) in [6.07, 6.45) is -6.70. The smallest absolute Gasteiger partial charge is 0.417 e. The van der Waals surface area contributed by atoms with Crippen molar-refractivity contribution in [2.24, 2.45) is 5.92 Å². The molecular formula is C30H32F5NO4. The molecule has 2 aromatic carbocycles. The third-order valence-electron chi connectivity index (χ3n) is 7.79. The minimum Gasteiger partial charge on any atom is -0.493 e. The molecule has 4 rings (SSSR count). The van der Waals surface area contributed by atoms with Crippen LogP contribution >= 0.6 is 0 Å². The van der Waals surface area contributed by atoms with E-state index >= 15 is 0 Å². The van der Waals surface area contributed by atoms with Gasteiger partial charge in [0.25, 0.3) is 0 Å². The number of benzene rings is 2. The predicted octanol–water partition coefficient (Wildman–Crippen LogP) is 7.51. The van der Waals surface area contributed by atoms with E-state index in [1.807, 2.05) is 30.3 Å². The van der Waals surface area contributed by atoms with Crippen LogP contribution in [0, 0.1) is 24.5 Å². The van der Waals surface area contributed by atoms with Crippen LogP contribution in [0.25, 0.3) is 0 Å². The second-order valence-electron chi connectivity index (χ2n) is 10.2. The summed E-state index contributed by atoms with van der Waals surface area (Å²) in [5, 5.41) is 10.7. The average Bonchev–Trinajstić information content (AvgIpc) is 3.20. The van der Waals surface area contributed by atoms with Crippen molar-refractivity contribution in [3.8, 4) is 11.5 Å². The highest BCUT2D eigenvalue weighted by Crippen LogP contribution is 2.59. The van der Waals surface area contributed by atoms with Crippen LogP contribution in [-0.4, -0.2) is 29.0 Å². The van der Waals surface area contributed by atoms with Crippen LogP contribution < -0.4 is 9.47 Å². The first-order chi connectivity index (χ1) is 18.8. The number of pyridine rings is 1. The van der Waals surface area contributed by atoms with E-state index in [-0.39, 0.29) is 23.6 Å². The molecule has 0 spiro atoms. The number of methoxy groups -OCH3 is 1. The second-order valence-corrected chi connectivity index (χ2v) is 10.2. The number of rotatable bonds is 8. The molecule has 0 bridgehead atoms. The van der Waals surface area contributed by atoms with Gasteiger partial charge in [-0.2, -0.15) is 17.6 Å². The number of alkyl halides is 3. The number of hydrogen-bond acceptors (Lipinski definition) is 5. The Labute approximate surface area is 229 Å². The normalized spacial score (nSPS) is 23.7. The molecule has 1 N–H and O–H groups in total. The van der Waals surface area contributed by atoms with Gasteiger partial charge in [0.05, 0.1) is 18.9 Å². The van der Waals surface area contributed by atoms with Gasteiger partial charge in [-0.05, 0) is 31.9 Å². The molecule has 1 aromatic heterocycles. The van der Waals surface area contributed by atoms with Crippen LogP contribution in [0.5, 0.6) is 11.5 Å². The van der Waals surface area contributed by atoms with Crippen LogP contribution in [0.2, 0.25) is 0 Å². The fourth-order valence-electron chi connectivity index (χ4n) is 5.35. The number of ether oxygens (including phenoxy) is 3. The molecule has 0 aliphatic carbocycles. The van der Waals surface area contributed by atoms with Crippen molar-refractivity contribution in [3.05, 3.63) is 88.2 Å². The number of nitrogens with zero attached hydrogens (tertiary/aromatic N) is 1. The summed E-state index contributed by atoms with van der Waals surface area (Å²) >= 11 is 0. The molecule has 1 unspecified atom stereocenters. The highest BCUT2D eigenvalue weighted by molar-refractivity contribution is 5.45. The maximum absolute atomic E-state index is 14.7. The first-order valence-corrected chi connectivity index (χ1v) is 13.0. The maximum atomic E-state index is 14.7. The molecule has 40 heavy (non-hydrogen) atoms. The molecule has 1 fully saturated rings. The van der Waals surface area contributed by atoms with Gasteiger partial charge in [0.15, 0.2) is 17.2 Å². The molecule has 0 saturated carbocycles. The molecule has 5 atom stereocenters. The Kier molecular flexibility index (Phi) is 8.42. The lowest BCUT2D eigenvalue weighted by Gasteiger charge is -2.32. The van der Waals surface area contributed by atoms with Crippen LogP contribution in [0.4, 0.5) is 22.0 Å². The number of halogens is 5. The summed E-state index contributed by atoms with van der Waals surface area (Å²) < 4.78 is 89.0. The summed E-state index contributed by atoms with van der Waals surface area (Å²) in [5.41, 5.74) is -0.910. The summed E-state index contributed by atoms with van der Waals surface area (Å²) in [7, 11) is 1.12. The maximum Gasteiger partial charge on any atom is 0.417 e. The fraction of sp³-hybridized carbons (Fsp3) is 0.433. The van der Waals surface area contributed by atoms with Gasteiger partial charge in [0.1, 0.15) is 18.5 Å². The molecule has 0 amide bonds. The lowest BCUT2D eigenvalue weighted by molar-refractivity contribution is -0.275. The summed E-state index contributed by atoms with van der Waals surface area (Å²) in [5.74, 6) is -5.10. The van der Waals surface area contributed by atoms with E-state index in [9.17, 15) is 27.1 Å². The van der Waals surface area contributed by atoms with Gasteiger partial charge in [-0.3, -0.25) is 4.98 Å². The van der Waals surface area contributed by atoms with Gasteiger partial charge >= 0.3 is 6.18 Å². The topological polar surface area (TPSA) is 60.8 Å². The van der Waals surface area contributed by atoms with E-state index in [2.05, 4.69) is 4.98 Å². The van der Waals surface area contributed by atoms with Gasteiger partial charge < -0.3 is 19.3 Å². The van der Waals surface area contributed by atoms with Crippen LogP contribution in [0.15, 0.2) is 48.5 Å². The van der Waals surface area contributed by atoms with E-state index < -0.39 is 53.2 Å². The van der Waals surface area contributed by atoms with Gasteiger partial charge in [-0.1, -0.05) is 50.2 Å². The Morgan fingerprint density at radius 2 is 1.80 bits per heavy atom. The first kappa shape index (κ1) is 29.7. The summed E-state index contributed by atoms with van der Waals surface area (Å²) in [6, 6.07) is 12.8. The molecule has 3 aromatic rings. The minimum atomic E-state index is -4.79. The van der Waals surface area contributed by atoms with E-state index in [4.69, 9.17) is 14.2 Å². The Hall–Kier alpha value is -3.24. The number of aromatic nitrogens is 1. The Morgan fingerprint density at radius 3 is 2.40 bits per heavy atom. The largest absolute Gasteiger partial charge is 0.493 e. The van der Waals surface area contributed by atoms with Crippen LogP contribution in [-0.2, 0) is 11.3 Å². The lowest BCUT2D eigenvalue weighted by atomic mass is 9.76. The zero-order valence-electron chi connectivity index (χ0n) is 22.9. The number of hydrogen-bond donors (Lipinski definition) is 1. The van der Waals surface area contributed by atoms with Gasteiger partial charge in [0, 0.05) is 34.7 Å². The third kappa shape index (κ3) is 5.26. The van der Waals surface area contributed by atoms with Crippen molar-refractivity contribution in [2.45, 2.75) is 70.6 Å². The van der Waals surface area contributed by atoms with Crippen LogP contribution in [0.1, 0.15) is 73.4 Å². The molecule has 1 saturated heterocycles. The standard InChI is InChI=1S/C30H32F5NO4/c1-6-22(37)25-17(3)36-21(14-23(25)39-15-18-10-8-7-9-11-18)28-24(16(2)29(4,40-28)30(33,34)35)19-12-13-20(31)26(32)27(19)38-5/h7-14,16,22,24,28,37H,6,15H2,1-5H3/t16-,22?,24-,28-,29+/m0/s1. The van der Waals surface area contributed by atoms with E-state index in [0.717, 1.165) is 25.7 Å². The van der Waals surface area contributed by atoms with Gasteiger partial charge in [-0.25, -0.2) is 4.39 Å². The van der Waals surface area contributed by atoms with E-state index in [0.29, 0.717) is 17.7 Å². The number of aliphatic hydroxyl groups is 1. The van der Waals surface area contributed by atoms with Crippen molar-refractivity contribution in [2.75, 3.05) is 7.11 Å². The Morgan fingerprint density at radius 1 is 1.12 bits per heavy atom. The second kappa shape index (κ2) is 11.3. The molecular weight excluding hydrogens is 533 g/mol. The van der Waals surface area contributed by atoms with Gasteiger partial charge in [-0.15, -0.1) is 0 Å². The van der Waals surface area contributed by atoms with Crippen LogP contribution in [0.3, 0.4) is 0 Å². The van der Waals surface area contributed by atoms with E-state index in [1.54, 1.807) is 13.8 Å². The third-order valence-corrected chi connectivity index (χ3v) is 7.79. The fourth-order valence-corrected chi connectivity index (χ4v) is 5.35. The minimum absolute atomic E-state index is 0.0238. The van der Waals surface area contributed by atoms with Crippen molar-refractivity contribution in [1.29, 1.82) is 0 Å². The molecule has 1 aliphatic rings. The molecule has 10 heteroatoms. The SMILES string of the molecule is CCC(O)c1c(OCc2ccccc2)cc([C@@H]2O[C@@](C)(C(F)(F)F)[C@@H](C)[C@H]2c2ccc(F)c(F)c2OC)nc1C. The first-order valence-electron chi connectivity index (χ1n) is 13.0. The zero-order chi connectivity index (χ0) is 29.4. The van der Waals surface area contributed by atoms with E-state index in [1.165, 1.54) is 19.1 Å². The van der Waals surface area contributed by atoms with Crippen molar-refractivity contribution in [3.63, 3.8) is 0 Å². The summed E-state index contributed by atoms with van der Waals surface area (Å²) in [6.45, 7) is 5.83. The lowest BCUT2D eigenvalue weighted by Crippen LogP contribution is -2.46. The van der Waals surface area contributed by atoms with Crippen molar-refractivity contribution >= 4 is 0 Å². The summed E-state index contributed by atoms with van der Waals surface area (Å²) in [4.78, 5) is 4.55. The molecule has 0 radical (unpaired) electrons. The molecule has 216 valence electrons. The Balaban J connectivity index is 1.88. The molecule has 2 heterocycles. The molecule has 5 nitrogen and oxygen atoms in total. The zero-order valence-corrected chi connectivity index (χ0v) is 22.9. The monoisotopic (exact) mass is 565 g/mol. The van der Waals surface area contributed by atoms with Crippen molar-refractivity contribution in [1.82, 2.24) is 4.98 Å². The highest BCUT2D eigenvalue weighted by atomic mass is 19.4. The average molecular weight is 566 g/mol. The quantitative estimate of drug-likeness (QED) is 0.287. The number of aliphatic hydroxyl groups excluding tert-OH is 1. The predicted molar refractivity (Wildman–Crippen MR) is 138 cm³/mol. The molecule has 1 aliphatic heterocycles. The highest BCUT2D eigenvalue weighted by Gasteiger charge is 2.65. The number of aryl methyl sites for hydroxylation is 1. The Bertz CT molecular complexity index is 1350. The van der Waals surface area contributed by atoms with Gasteiger partial charge in [0.2, 0.25) is 5.82 Å².